The fourth-order valence-electron chi connectivity index (χ4n) is 1.09. The summed E-state index contributed by atoms with van der Waals surface area (Å²) in [6, 6.07) is 3.95. The molecule has 0 bridgehead atoms. The quantitative estimate of drug-likeness (QED) is 0.634. The highest BCUT2D eigenvalue weighted by atomic mass is 79.9. The number of aryl methyl sites for hydroxylation is 1. The highest BCUT2D eigenvalue weighted by molar-refractivity contribution is 9.10. The van der Waals surface area contributed by atoms with Crippen molar-refractivity contribution in [2.24, 2.45) is 0 Å². The Morgan fingerprint density at radius 1 is 1.57 bits per heavy atom. The minimum atomic E-state index is 0.786. The second-order valence-electron chi connectivity index (χ2n) is 3.09. The van der Waals surface area contributed by atoms with E-state index < -0.39 is 0 Å². The zero-order chi connectivity index (χ0) is 10.6. The Morgan fingerprint density at radius 2 is 2.29 bits per heavy atom. The molecular formula is C11H13BrClN. The van der Waals surface area contributed by atoms with Crippen LogP contribution in [-0.4, -0.2) is 6.54 Å². The van der Waals surface area contributed by atoms with E-state index in [0.717, 1.165) is 33.7 Å². The molecule has 0 amide bonds. The molecule has 0 fully saturated rings. The largest absolute Gasteiger partial charge is 0.384 e. The number of halogens is 2. The van der Waals surface area contributed by atoms with Gasteiger partial charge in [-0.05, 0) is 47.0 Å². The van der Waals surface area contributed by atoms with E-state index in [0.29, 0.717) is 0 Å². The van der Waals surface area contributed by atoms with Crippen LogP contribution in [0.4, 0.5) is 5.69 Å². The van der Waals surface area contributed by atoms with Gasteiger partial charge in [-0.3, -0.25) is 0 Å². The van der Waals surface area contributed by atoms with Crippen molar-refractivity contribution in [3.05, 3.63) is 39.8 Å². The monoisotopic (exact) mass is 273 g/mol. The number of nitrogens with one attached hydrogen (secondary N) is 1. The Morgan fingerprint density at radius 3 is 2.93 bits per heavy atom. The van der Waals surface area contributed by atoms with E-state index in [1.165, 1.54) is 0 Å². The molecule has 0 unspecified atom stereocenters. The van der Waals surface area contributed by atoms with Crippen LogP contribution in [0.25, 0.3) is 0 Å². The maximum Gasteiger partial charge on any atom is 0.0499 e. The van der Waals surface area contributed by atoms with Crippen molar-refractivity contribution in [3.8, 4) is 0 Å². The van der Waals surface area contributed by atoms with E-state index >= 15 is 0 Å². The maximum absolute atomic E-state index is 6.02. The van der Waals surface area contributed by atoms with Gasteiger partial charge >= 0.3 is 0 Å². The van der Waals surface area contributed by atoms with Gasteiger partial charge in [-0.15, -0.1) is 6.58 Å². The minimum absolute atomic E-state index is 0.786. The van der Waals surface area contributed by atoms with Gasteiger partial charge in [-0.2, -0.15) is 0 Å². The van der Waals surface area contributed by atoms with Crippen LogP contribution in [0.15, 0.2) is 29.3 Å². The Balaban J connectivity index is 2.76. The first-order chi connectivity index (χ1) is 6.65. The second-order valence-corrected chi connectivity index (χ2v) is 4.35. The summed E-state index contributed by atoms with van der Waals surface area (Å²) in [4.78, 5) is 0. The third-order valence-corrected chi connectivity index (χ3v) is 2.98. The molecule has 0 aliphatic carbocycles. The maximum atomic E-state index is 6.02. The Labute approximate surface area is 98.3 Å². The average Bonchev–Trinajstić information content (AvgIpc) is 2.14. The minimum Gasteiger partial charge on any atom is -0.384 e. The van der Waals surface area contributed by atoms with Crippen LogP contribution < -0.4 is 5.32 Å². The van der Waals surface area contributed by atoms with E-state index in [-0.39, 0.29) is 0 Å². The number of anilines is 1. The van der Waals surface area contributed by atoms with Crippen molar-refractivity contribution >= 4 is 33.2 Å². The van der Waals surface area contributed by atoms with Gasteiger partial charge in [0.2, 0.25) is 0 Å². The smallest absolute Gasteiger partial charge is 0.0499 e. The number of rotatable bonds is 4. The molecule has 0 atom stereocenters. The highest BCUT2D eigenvalue weighted by Gasteiger charge is 2.02. The molecule has 0 aliphatic rings. The first-order valence-electron chi connectivity index (χ1n) is 4.45. The molecule has 1 aromatic carbocycles. The molecule has 0 aliphatic heterocycles. The van der Waals surface area contributed by atoms with Crippen LogP contribution in [0.5, 0.6) is 0 Å². The van der Waals surface area contributed by atoms with Gasteiger partial charge in [0, 0.05) is 21.7 Å². The van der Waals surface area contributed by atoms with Gasteiger partial charge in [-0.1, -0.05) is 17.7 Å². The highest BCUT2D eigenvalue weighted by Crippen LogP contribution is 2.28. The van der Waals surface area contributed by atoms with Crippen molar-refractivity contribution in [2.75, 3.05) is 11.9 Å². The molecule has 1 nitrogen and oxygen atoms in total. The van der Waals surface area contributed by atoms with Crippen LogP contribution in [0.1, 0.15) is 12.0 Å². The lowest BCUT2D eigenvalue weighted by atomic mass is 10.2. The topological polar surface area (TPSA) is 12.0 Å². The van der Waals surface area contributed by atoms with Gasteiger partial charge in [-0.25, -0.2) is 0 Å². The lowest BCUT2D eigenvalue weighted by Gasteiger charge is -2.09. The van der Waals surface area contributed by atoms with Gasteiger partial charge < -0.3 is 5.32 Å². The van der Waals surface area contributed by atoms with E-state index in [2.05, 4.69) is 27.8 Å². The molecule has 1 N–H and O–H groups in total. The van der Waals surface area contributed by atoms with Crippen LogP contribution in [0, 0.1) is 6.92 Å². The summed E-state index contributed by atoms with van der Waals surface area (Å²) in [7, 11) is 0. The summed E-state index contributed by atoms with van der Waals surface area (Å²) in [6.45, 7) is 6.53. The lowest BCUT2D eigenvalue weighted by Crippen LogP contribution is -2.00. The normalized spacial score (nSPS) is 9.93. The van der Waals surface area contributed by atoms with E-state index in [4.69, 9.17) is 11.6 Å². The second kappa shape index (κ2) is 5.42. The van der Waals surface area contributed by atoms with Crippen LogP contribution in [0.2, 0.25) is 5.02 Å². The van der Waals surface area contributed by atoms with Gasteiger partial charge in [0.1, 0.15) is 0 Å². The summed E-state index contributed by atoms with van der Waals surface area (Å²) >= 11 is 9.50. The van der Waals surface area contributed by atoms with Gasteiger partial charge in [0.05, 0.1) is 0 Å². The van der Waals surface area contributed by atoms with Gasteiger partial charge in [0.15, 0.2) is 0 Å². The predicted octanol–water partition coefficient (Wildman–Crippen LogP) is 4.40. The van der Waals surface area contributed by atoms with Crippen molar-refractivity contribution in [2.45, 2.75) is 13.3 Å². The number of benzene rings is 1. The Hall–Kier alpha value is -0.470. The summed E-state index contributed by atoms with van der Waals surface area (Å²) in [5.41, 5.74) is 2.11. The summed E-state index contributed by atoms with van der Waals surface area (Å²) in [5.74, 6) is 0. The molecule has 3 heteroatoms. The van der Waals surface area contributed by atoms with Crippen molar-refractivity contribution in [3.63, 3.8) is 0 Å². The zero-order valence-corrected chi connectivity index (χ0v) is 10.5. The SMILES string of the molecule is C=CCCNc1cc(Cl)c(C)cc1Br. The van der Waals surface area contributed by atoms with Crippen molar-refractivity contribution in [1.29, 1.82) is 0 Å². The lowest BCUT2D eigenvalue weighted by molar-refractivity contribution is 1.07. The Kier molecular flexibility index (Phi) is 4.49. The molecule has 0 radical (unpaired) electrons. The van der Waals surface area contributed by atoms with E-state index in [9.17, 15) is 0 Å². The Bertz CT molecular complexity index is 336. The number of hydrogen-bond acceptors (Lipinski definition) is 1. The van der Waals surface area contributed by atoms with Crippen LogP contribution in [-0.2, 0) is 0 Å². The fourth-order valence-corrected chi connectivity index (χ4v) is 1.85. The molecule has 0 saturated carbocycles. The summed E-state index contributed by atoms with van der Waals surface area (Å²) in [5, 5.41) is 4.07. The number of hydrogen-bond donors (Lipinski definition) is 1. The average molecular weight is 275 g/mol. The third kappa shape index (κ3) is 3.03. The van der Waals surface area contributed by atoms with Crippen LogP contribution >= 0.6 is 27.5 Å². The van der Waals surface area contributed by atoms with E-state index in [1.54, 1.807) is 0 Å². The predicted molar refractivity (Wildman–Crippen MR) is 67.2 cm³/mol. The van der Waals surface area contributed by atoms with Crippen LogP contribution in [0.3, 0.4) is 0 Å². The standard InChI is InChI=1S/C11H13BrClN/c1-3-4-5-14-11-7-10(13)8(2)6-9(11)12/h3,6-7,14H,1,4-5H2,2H3. The zero-order valence-electron chi connectivity index (χ0n) is 8.11. The molecule has 0 aromatic heterocycles. The summed E-state index contributed by atoms with van der Waals surface area (Å²) < 4.78 is 1.04. The fraction of sp³-hybridized carbons (Fsp3) is 0.273. The van der Waals surface area contributed by atoms with Crippen molar-refractivity contribution in [1.82, 2.24) is 0 Å². The third-order valence-electron chi connectivity index (χ3n) is 1.91. The van der Waals surface area contributed by atoms with Gasteiger partial charge in [0.25, 0.3) is 0 Å². The summed E-state index contributed by atoms with van der Waals surface area (Å²) in [6.07, 6.45) is 2.83. The molecule has 14 heavy (non-hydrogen) atoms. The molecule has 0 saturated heterocycles. The molecular weight excluding hydrogens is 261 g/mol. The molecule has 1 rings (SSSR count). The first kappa shape index (κ1) is 11.6. The van der Waals surface area contributed by atoms with E-state index in [1.807, 2.05) is 25.1 Å². The first-order valence-corrected chi connectivity index (χ1v) is 5.62. The molecule has 1 aromatic rings. The molecule has 76 valence electrons. The van der Waals surface area contributed by atoms with Crippen molar-refractivity contribution < 1.29 is 0 Å². The molecule has 0 heterocycles. The molecule has 0 spiro atoms.